The first-order valence-electron chi connectivity index (χ1n) is 6.94. The van der Waals surface area contributed by atoms with Gasteiger partial charge in [-0.1, -0.05) is 12.1 Å². The average Bonchev–Trinajstić information content (AvgIpc) is 2.50. The summed E-state index contributed by atoms with van der Waals surface area (Å²) >= 11 is 0. The van der Waals surface area contributed by atoms with E-state index >= 15 is 0 Å². The van der Waals surface area contributed by atoms with Crippen molar-refractivity contribution in [2.45, 2.75) is 6.54 Å². The van der Waals surface area contributed by atoms with Crippen molar-refractivity contribution < 1.29 is 0 Å². The SMILES string of the molecule is Nc1ccc(CN2CCN(c3nncc(=O)[nH]3)CC2)cc1. The highest BCUT2D eigenvalue weighted by molar-refractivity contribution is 5.39. The Morgan fingerprint density at radius 1 is 1.14 bits per heavy atom. The molecule has 21 heavy (non-hydrogen) atoms. The van der Waals surface area contributed by atoms with E-state index in [-0.39, 0.29) is 5.56 Å². The topological polar surface area (TPSA) is 91.1 Å². The van der Waals surface area contributed by atoms with Crippen LogP contribution in [0.2, 0.25) is 0 Å². The number of rotatable bonds is 3. The van der Waals surface area contributed by atoms with Gasteiger partial charge in [0.2, 0.25) is 5.95 Å². The summed E-state index contributed by atoms with van der Waals surface area (Å²) in [5.74, 6) is 0.551. The van der Waals surface area contributed by atoms with Gasteiger partial charge < -0.3 is 10.6 Å². The number of anilines is 2. The van der Waals surface area contributed by atoms with Gasteiger partial charge in [0, 0.05) is 38.4 Å². The van der Waals surface area contributed by atoms with Crippen LogP contribution in [-0.2, 0) is 6.54 Å². The number of aromatic nitrogens is 3. The van der Waals surface area contributed by atoms with Gasteiger partial charge in [-0.05, 0) is 17.7 Å². The molecular weight excluding hydrogens is 268 g/mol. The van der Waals surface area contributed by atoms with Crippen molar-refractivity contribution in [1.29, 1.82) is 0 Å². The van der Waals surface area contributed by atoms with Crippen molar-refractivity contribution in [3.63, 3.8) is 0 Å². The zero-order valence-corrected chi connectivity index (χ0v) is 11.7. The standard InChI is InChI=1S/C14H18N6O/c15-12-3-1-11(2-4-12)10-19-5-7-20(8-6-19)14-17-13(21)9-16-18-14/h1-4,9H,5-8,10,15H2,(H,17,18,21). The molecule has 1 aliphatic heterocycles. The van der Waals surface area contributed by atoms with Crippen molar-refractivity contribution in [2.75, 3.05) is 36.8 Å². The molecule has 3 rings (SSSR count). The van der Waals surface area contributed by atoms with Gasteiger partial charge in [0.1, 0.15) is 6.20 Å². The van der Waals surface area contributed by atoms with E-state index in [2.05, 4.69) is 32.2 Å². The monoisotopic (exact) mass is 286 g/mol. The Morgan fingerprint density at radius 3 is 2.52 bits per heavy atom. The number of H-pyrrole nitrogens is 1. The minimum Gasteiger partial charge on any atom is -0.399 e. The number of piperazine rings is 1. The first-order valence-corrected chi connectivity index (χ1v) is 6.94. The number of nitrogens with zero attached hydrogens (tertiary/aromatic N) is 4. The molecule has 0 aliphatic carbocycles. The van der Waals surface area contributed by atoms with E-state index in [4.69, 9.17) is 5.73 Å². The highest BCUT2D eigenvalue weighted by Gasteiger charge is 2.18. The van der Waals surface area contributed by atoms with Gasteiger partial charge in [-0.2, -0.15) is 0 Å². The van der Waals surface area contributed by atoms with E-state index in [1.54, 1.807) is 0 Å². The van der Waals surface area contributed by atoms with E-state index in [9.17, 15) is 4.79 Å². The Labute approximate surface area is 122 Å². The van der Waals surface area contributed by atoms with Crippen LogP contribution in [0.3, 0.4) is 0 Å². The summed E-state index contributed by atoms with van der Waals surface area (Å²) in [5.41, 5.74) is 7.52. The lowest BCUT2D eigenvalue weighted by Gasteiger charge is -2.34. The molecule has 110 valence electrons. The van der Waals surface area contributed by atoms with Gasteiger partial charge in [-0.25, -0.2) is 0 Å². The molecule has 0 radical (unpaired) electrons. The summed E-state index contributed by atoms with van der Waals surface area (Å²) in [6.07, 6.45) is 1.18. The number of aromatic amines is 1. The van der Waals surface area contributed by atoms with Crippen LogP contribution < -0.4 is 16.2 Å². The molecule has 0 unspecified atom stereocenters. The number of hydrogen-bond acceptors (Lipinski definition) is 6. The molecule has 1 aliphatic rings. The Hall–Kier alpha value is -2.41. The summed E-state index contributed by atoms with van der Waals surface area (Å²) in [6.45, 7) is 4.39. The summed E-state index contributed by atoms with van der Waals surface area (Å²) in [5, 5.41) is 7.66. The van der Waals surface area contributed by atoms with Crippen LogP contribution in [0, 0.1) is 0 Å². The lowest BCUT2D eigenvalue weighted by molar-refractivity contribution is 0.248. The normalized spacial score (nSPS) is 16.1. The molecule has 0 spiro atoms. The van der Waals surface area contributed by atoms with Gasteiger partial charge in [0.25, 0.3) is 5.56 Å². The van der Waals surface area contributed by atoms with Crippen LogP contribution in [0.5, 0.6) is 0 Å². The van der Waals surface area contributed by atoms with Crippen LogP contribution in [-0.4, -0.2) is 46.3 Å². The predicted octanol–water partition coefficient (Wildman–Crippen LogP) is 0.0693. The second-order valence-corrected chi connectivity index (χ2v) is 5.16. The maximum atomic E-state index is 11.3. The number of nitrogen functional groups attached to an aromatic ring is 1. The fraction of sp³-hybridized carbons (Fsp3) is 0.357. The Kier molecular flexibility index (Phi) is 3.83. The number of nitrogens with one attached hydrogen (secondary N) is 1. The van der Waals surface area contributed by atoms with Crippen LogP contribution >= 0.6 is 0 Å². The summed E-state index contributed by atoms with van der Waals surface area (Å²) in [7, 11) is 0. The van der Waals surface area contributed by atoms with E-state index in [0.29, 0.717) is 5.95 Å². The van der Waals surface area contributed by atoms with Crippen LogP contribution in [0.25, 0.3) is 0 Å². The molecule has 3 N–H and O–H groups in total. The zero-order valence-electron chi connectivity index (χ0n) is 11.7. The van der Waals surface area contributed by atoms with Crippen LogP contribution in [0.4, 0.5) is 11.6 Å². The lowest BCUT2D eigenvalue weighted by atomic mass is 10.2. The van der Waals surface area contributed by atoms with E-state index < -0.39 is 0 Å². The number of hydrogen-bond donors (Lipinski definition) is 2. The second kappa shape index (κ2) is 5.92. The van der Waals surface area contributed by atoms with Crippen molar-refractivity contribution in [2.24, 2.45) is 0 Å². The maximum Gasteiger partial charge on any atom is 0.271 e. The molecule has 1 saturated heterocycles. The van der Waals surface area contributed by atoms with Gasteiger partial charge in [0.05, 0.1) is 0 Å². The Morgan fingerprint density at radius 2 is 1.86 bits per heavy atom. The molecule has 2 aromatic rings. The van der Waals surface area contributed by atoms with Crippen LogP contribution in [0.15, 0.2) is 35.3 Å². The largest absolute Gasteiger partial charge is 0.399 e. The quantitative estimate of drug-likeness (QED) is 0.776. The number of benzene rings is 1. The summed E-state index contributed by atoms with van der Waals surface area (Å²) < 4.78 is 0. The molecule has 1 fully saturated rings. The Bertz CT molecular complexity index is 645. The fourth-order valence-corrected chi connectivity index (χ4v) is 2.44. The molecule has 0 amide bonds. The second-order valence-electron chi connectivity index (χ2n) is 5.16. The third kappa shape index (κ3) is 3.38. The average molecular weight is 286 g/mol. The highest BCUT2D eigenvalue weighted by atomic mass is 16.1. The molecule has 2 heterocycles. The smallest absolute Gasteiger partial charge is 0.271 e. The highest BCUT2D eigenvalue weighted by Crippen LogP contribution is 2.12. The zero-order chi connectivity index (χ0) is 14.7. The minimum absolute atomic E-state index is 0.218. The molecule has 1 aromatic heterocycles. The Balaban J connectivity index is 1.57. The van der Waals surface area contributed by atoms with Gasteiger partial charge in [-0.3, -0.25) is 14.7 Å². The number of nitrogens with two attached hydrogens (primary N) is 1. The van der Waals surface area contributed by atoms with Gasteiger partial charge in [-0.15, -0.1) is 10.2 Å². The third-order valence-electron chi connectivity index (χ3n) is 3.62. The first-order chi connectivity index (χ1) is 10.2. The third-order valence-corrected chi connectivity index (χ3v) is 3.62. The van der Waals surface area contributed by atoms with E-state index in [0.717, 1.165) is 38.4 Å². The summed E-state index contributed by atoms with van der Waals surface area (Å²) in [6, 6.07) is 7.97. The molecule has 7 heteroatoms. The molecule has 0 saturated carbocycles. The fourth-order valence-electron chi connectivity index (χ4n) is 2.44. The lowest BCUT2D eigenvalue weighted by Crippen LogP contribution is -2.47. The minimum atomic E-state index is -0.218. The molecule has 0 atom stereocenters. The van der Waals surface area contributed by atoms with Gasteiger partial charge in [0.15, 0.2) is 0 Å². The molecule has 7 nitrogen and oxygen atoms in total. The van der Waals surface area contributed by atoms with Gasteiger partial charge >= 0.3 is 0 Å². The van der Waals surface area contributed by atoms with E-state index in [1.807, 2.05) is 17.0 Å². The van der Waals surface area contributed by atoms with Crippen molar-refractivity contribution in [3.05, 3.63) is 46.4 Å². The molecule has 1 aromatic carbocycles. The van der Waals surface area contributed by atoms with Crippen molar-refractivity contribution in [1.82, 2.24) is 20.1 Å². The van der Waals surface area contributed by atoms with E-state index in [1.165, 1.54) is 11.8 Å². The van der Waals surface area contributed by atoms with Crippen molar-refractivity contribution >= 4 is 11.6 Å². The molecular formula is C14H18N6O. The summed E-state index contributed by atoms with van der Waals surface area (Å²) in [4.78, 5) is 18.4. The maximum absolute atomic E-state index is 11.3. The molecule has 0 bridgehead atoms. The first kappa shape index (κ1) is 13.6. The van der Waals surface area contributed by atoms with Crippen molar-refractivity contribution in [3.8, 4) is 0 Å². The predicted molar refractivity (Wildman–Crippen MR) is 81.0 cm³/mol. The van der Waals surface area contributed by atoms with Crippen LogP contribution in [0.1, 0.15) is 5.56 Å².